The van der Waals surface area contributed by atoms with Crippen LogP contribution in [0.4, 0.5) is 0 Å². The van der Waals surface area contributed by atoms with Gasteiger partial charge in [0, 0.05) is 6.92 Å². The Morgan fingerprint density at radius 1 is 1.05 bits per heavy atom. The Bertz CT molecular complexity index is 1100. The maximum atomic E-state index is 11.8. The third kappa shape index (κ3) is 5.02. The molecule has 1 aliphatic heterocycles. The summed E-state index contributed by atoms with van der Waals surface area (Å²) in [6.07, 6.45) is 4.89. The fourth-order valence-corrected chi connectivity index (χ4v) is 10.2. The zero-order chi connectivity index (χ0) is 28.7. The zero-order valence-corrected chi connectivity index (χ0v) is 25.3. The Morgan fingerprint density at radius 3 is 2.33 bits per heavy atom. The van der Waals surface area contributed by atoms with Crippen molar-refractivity contribution in [1.82, 2.24) is 0 Å². The van der Waals surface area contributed by atoms with Gasteiger partial charge in [-0.05, 0) is 90.8 Å². The van der Waals surface area contributed by atoms with Crippen LogP contribution in [-0.4, -0.2) is 54.6 Å². The second kappa shape index (κ2) is 10.1. The maximum absolute atomic E-state index is 11.8. The molecule has 1 heterocycles. The van der Waals surface area contributed by atoms with Crippen LogP contribution >= 0.6 is 0 Å². The van der Waals surface area contributed by atoms with Crippen LogP contribution in [0.1, 0.15) is 87.0 Å². The molecule has 4 fully saturated rings. The highest BCUT2D eigenvalue weighted by atomic mass is 32.3. The van der Waals surface area contributed by atoms with Gasteiger partial charge in [0.25, 0.3) is 0 Å². The minimum absolute atomic E-state index is 0.176. The first-order valence-electron chi connectivity index (χ1n) is 14.9. The summed E-state index contributed by atoms with van der Waals surface area (Å²) in [6.45, 7) is 15.1. The summed E-state index contributed by atoms with van der Waals surface area (Å²) in [6, 6.07) is 0. The molecule has 0 radical (unpaired) electrons. The summed E-state index contributed by atoms with van der Waals surface area (Å²) in [4.78, 5) is 11.8. The molecule has 8 nitrogen and oxygen atoms in total. The molecule has 0 aromatic rings. The van der Waals surface area contributed by atoms with Gasteiger partial charge in [0.05, 0.1) is 18.3 Å². The highest BCUT2D eigenvalue weighted by Crippen LogP contribution is 2.68. The molecule has 5 aliphatic rings. The van der Waals surface area contributed by atoms with Crippen molar-refractivity contribution in [2.24, 2.45) is 52.3 Å². The standard InChI is InChI=1S/C30H48O8S/c1-15(2)16(3)25-26(37-25)17(4)20-10-11-21-19-8-9-23-27(38-39(33,34)35)28(36-18(5)31)24(32)14-30(23,7)22(19)12-13-29(20,21)6/h8,15-17,20-28,32H,9-14H2,1-7H3,(H,33,34,35)/t16-,17+,20-,21+,22+,23?,24-,25+,26+,27+,28+,29-,30-/m1/s1. The summed E-state index contributed by atoms with van der Waals surface area (Å²) < 4.78 is 50.1. The van der Waals surface area contributed by atoms with Crippen molar-refractivity contribution in [2.75, 3.05) is 0 Å². The summed E-state index contributed by atoms with van der Waals surface area (Å²) in [7, 11) is -4.82. The van der Waals surface area contributed by atoms with Crippen LogP contribution in [-0.2, 0) is 28.9 Å². The van der Waals surface area contributed by atoms with Gasteiger partial charge in [-0.25, -0.2) is 4.18 Å². The molecule has 13 atom stereocenters. The van der Waals surface area contributed by atoms with E-state index in [1.54, 1.807) is 0 Å². The molecule has 4 aliphatic carbocycles. The molecule has 39 heavy (non-hydrogen) atoms. The third-order valence-electron chi connectivity index (χ3n) is 12.0. The highest BCUT2D eigenvalue weighted by Gasteiger charge is 2.63. The summed E-state index contributed by atoms with van der Waals surface area (Å²) in [5.74, 6) is 1.94. The largest absolute Gasteiger partial charge is 0.457 e. The van der Waals surface area contributed by atoms with Gasteiger partial charge in [-0.3, -0.25) is 9.35 Å². The number of hydrogen-bond acceptors (Lipinski definition) is 7. The lowest BCUT2D eigenvalue weighted by Crippen LogP contribution is -2.61. The SMILES string of the molecule is CC(=O)O[C@H]1[C@H](O)C[C@@]2(C)C(CC=C3[C@@H]4CC[C@H]([C@H](C)[C@@H]5O[C@H]5[C@H](C)C(C)C)[C@@]4(C)CC[C@@H]32)[C@@H]1OS(=O)(=O)O. The van der Waals surface area contributed by atoms with Crippen LogP contribution < -0.4 is 0 Å². The van der Waals surface area contributed by atoms with Crippen molar-refractivity contribution in [3.63, 3.8) is 0 Å². The van der Waals surface area contributed by atoms with Crippen LogP contribution in [0.25, 0.3) is 0 Å². The molecule has 1 unspecified atom stereocenters. The fourth-order valence-electron chi connectivity index (χ4n) is 9.69. The topological polar surface area (TPSA) is 123 Å². The third-order valence-corrected chi connectivity index (χ3v) is 12.5. The van der Waals surface area contributed by atoms with Crippen molar-refractivity contribution >= 4 is 16.4 Å². The molecule has 0 aromatic heterocycles. The van der Waals surface area contributed by atoms with E-state index in [1.807, 2.05) is 0 Å². The van der Waals surface area contributed by atoms with Crippen LogP contribution in [0.5, 0.6) is 0 Å². The number of aliphatic hydroxyl groups excluding tert-OH is 1. The van der Waals surface area contributed by atoms with Gasteiger partial charge >= 0.3 is 16.4 Å². The van der Waals surface area contributed by atoms with E-state index >= 15 is 0 Å². The number of aliphatic hydroxyl groups is 1. The van der Waals surface area contributed by atoms with Gasteiger partial charge in [-0.15, -0.1) is 0 Å². The van der Waals surface area contributed by atoms with E-state index in [4.69, 9.17) is 13.7 Å². The Hall–Kier alpha value is -1.00. The summed E-state index contributed by atoms with van der Waals surface area (Å²) in [5, 5.41) is 11.1. The van der Waals surface area contributed by atoms with E-state index in [0.717, 1.165) is 19.3 Å². The quantitative estimate of drug-likeness (QED) is 0.191. The van der Waals surface area contributed by atoms with Crippen molar-refractivity contribution in [3.8, 4) is 0 Å². The number of hydrogen-bond donors (Lipinski definition) is 2. The number of carbonyl (C=O) groups is 1. The maximum Gasteiger partial charge on any atom is 0.397 e. The Kier molecular flexibility index (Phi) is 7.62. The monoisotopic (exact) mass is 568 g/mol. The Morgan fingerprint density at radius 2 is 1.72 bits per heavy atom. The second-order valence-corrected chi connectivity index (χ2v) is 15.3. The molecule has 2 N–H and O–H groups in total. The van der Waals surface area contributed by atoms with Crippen LogP contribution in [0.2, 0.25) is 0 Å². The summed E-state index contributed by atoms with van der Waals surface area (Å²) in [5.41, 5.74) is 1.18. The van der Waals surface area contributed by atoms with Gasteiger partial charge in [-0.1, -0.05) is 53.2 Å². The van der Waals surface area contributed by atoms with E-state index in [2.05, 4.69) is 47.6 Å². The molecule has 1 saturated heterocycles. The lowest BCUT2D eigenvalue weighted by molar-refractivity contribution is -0.193. The highest BCUT2D eigenvalue weighted by molar-refractivity contribution is 7.80. The molecule has 0 aromatic carbocycles. The average molecular weight is 569 g/mol. The van der Waals surface area contributed by atoms with Gasteiger partial charge in [-0.2, -0.15) is 8.42 Å². The van der Waals surface area contributed by atoms with E-state index in [0.29, 0.717) is 54.6 Å². The lowest BCUT2D eigenvalue weighted by Gasteiger charge is -2.59. The first kappa shape index (κ1) is 29.5. The van der Waals surface area contributed by atoms with Gasteiger partial charge < -0.3 is 14.6 Å². The lowest BCUT2D eigenvalue weighted by atomic mass is 9.47. The molecule has 0 spiro atoms. The molecule has 5 rings (SSSR count). The van der Waals surface area contributed by atoms with Gasteiger partial charge in [0.1, 0.15) is 6.10 Å². The number of carbonyl (C=O) groups excluding carboxylic acids is 1. The van der Waals surface area contributed by atoms with Crippen molar-refractivity contribution in [2.45, 2.75) is 118 Å². The summed E-state index contributed by atoms with van der Waals surface area (Å²) >= 11 is 0. The predicted molar refractivity (Wildman–Crippen MR) is 146 cm³/mol. The van der Waals surface area contributed by atoms with Gasteiger partial charge in [0.2, 0.25) is 0 Å². The van der Waals surface area contributed by atoms with E-state index in [1.165, 1.54) is 18.9 Å². The fraction of sp³-hybridized carbons (Fsp3) is 0.900. The first-order valence-corrected chi connectivity index (χ1v) is 16.3. The minimum Gasteiger partial charge on any atom is -0.457 e. The number of rotatable bonds is 7. The van der Waals surface area contributed by atoms with Crippen molar-refractivity contribution in [3.05, 3.63) is 11.6 Å². The predicted octanol–water partition coefficient (Wildman–Crippen LogP) is 4.96. The van der Waals surface area contributed by atoms with E-state index in [9.17, 15) is 22.9 Å². The van der Waals surface area contributed by atoms with Crippen molar-refractivity contribution < 1.29 is 36.5 Å². The van der Waals surface area contributed by atoms with Crippen LogP contribution in [0.3, 0.4) is 0 Å². The molecular weight excluding hydrogens is 520 g/mol. The number of ether oxygens (including phenoxy) is 2. The molecular formula is C30H48O8S. The molecule has 222 valence electrons. The first-order chi connectivity index (χ1) is 18.1. The van der Waals surface area contributed by atoms with Gasteiger partial charge in [0.15, 0.2) is 6.10 Å². The Labute approximate surface area is 234 Å². The number of allylic oxidation sites excluding steroid dienone is 2. The Balaban J connectivity index is 1.41. The molecule has 0 amide bonds. The molecule has 9 heteroatoms. The van der Waals surface area contributed by atoms with Crippen LogP contribution in [0, 0.1) is 52.3 Å². The van der Waals surface area contributed by atoms with E-state index < -0.39 is 40.1 Å². The second-order valence-electron chi connectivity index (χ2n) is 14.2. The average Bonchev–Trinajstić information content (AvgIpc) is 3.53. The molecule has 3 saturated carbocycles. The normalized spacial score (nSPS) is 46.9. The van der Waals surface area contributed by atoms with Crippen molar-refractivity contribution in [1.29, 1.82) is 0 Å². The smallest absolute Gasteiger partial charge is 0.397 e. The zero-order valence-electron chi connectivity index (χ0n) is 24.5. The molecule has 0 bridgehead atoms. The minimum atomic E-state index is -4.82. The van der Waals surface area contributed by atoms with E-state index in [-0.39, 0.29) is 17.3 Å². The number of esters is 1. The van der Waals surface area contributed by atoms with Crippen LogP contribution in [0.15, 0.2) is 11.6 Å². The number of fused-ring (bicyclic) bond motifs is 5. The number of epoxide rings is 1.